The minimum Gasteiger partial charge on any atom is -0.296 e. The molecule has 0 amide bonds. The maximum Gasteiger partial charge on any atom is 0.167 e. The zero-order valence-corrected chi connectivity index (χ0v) is 8.25. The van der Waals surface area contributed by atoms with Gasteiger partial charge in [0.15, 0.2) is 6.29 Å². The highest BCUT2D eigenvalue weighted by atomic mass is 35.5. The normalized spacial score (nSPS) is 10.3. The molecule has 0 aliphatic heterocycles. The first kappa shape index (κ1) is 9.86. The molecule has 1 heterocycles. The van der Waals surface area contributed by atoms with E-state index in [0.29, 0.717) is 28.3 Å². The van der Waals surface area contributed by atoms with Gasteiger partial charge >= 0.3 is 0 Å². The third-order valence-corrected chi connectivity index (χ3v) is 2.26. The van der Waals surface area contributed by atoms with Crippen LogP contribution in [0.2, 0.25) is 5.02 Å². The molecule has 76 valence electrons. The van der Waals surface area contributed by atoms with Crippen molar-refractivity contribution in [3.05, 3.63) is 40.8 Å². The van der Waals surface area contributed by atoms with Gasteiger partial charge in [0.05, 0.1) is 16.4 Å². The van der Waals surface area contributed by atoms with Crippen LogP contribution < -0.4 is 0 Å². The van der Waals surface area contributed by atoms with Gasteiger partial charge in [-0.1, -0.05) is 11.6 Å². The van der Waals surface area contributed by atoms with E-state index in [0.717, 1.165) is 0 Å². The van der Waals surface area contributed by atoms with E-state index in [9.17, 15) is 9.18 Å². The van der Waals surface area contributed by atoms with Gasteiger partial charge in [-0.2, -0.15) is 5.10 Å². The Balaban J connectivity index is 2.52. The molecular formula is C10H6ClFN2O. The Morgan fingerprint density at radius 3 is 2.87 bits per heavy atom. The molecule has 0 saturated carbocycles. The number of halogens is 2. The molecule has 0 aliphatic rings. The number of H-pyrrole nitrogens is 1. The van der Waals surface area contributed by atoms with Crippen molar-refractivity contribution in [1.82, 2.24) is 10.2 Å². The third kappa shape index (κ3) is 1.89. The number of nitrogens with zero attached hydrogens (tertiary/aromatic N) is 1. The molecule has 1 aromatic carbocycles. The Hall–Kier alpha value is -1.68. The van der Waals surface area contributed by atoms with Crippen LogP contribution in [0.4, 0.5) is 4.39 Å². The summed E-state index contributed by atoms with van der Waals surface area (Å²) >= 11 is 5.87. The number of aromatic nitrogens is 2. The van der Waals surface area contributed by atoms with Gasteiger partial charge in [-0.15, -0.1) is 0 Å². The number of carbonyl (C=O) groups is 1. The average Bonchev–Trinajstić information content (AvgIpc) is 2.70. The van der Waals surface area contributed by atoms with E-state index >= 15 is 0 Å². The molecule has 0 aliphatic carbocycles. The zero-order chi connectivity index (χ0) is 10.8. The fourth-order valence-corrected chi connectivity index (χ4v) is 1.44. The van der Waals surface area contributed by atoms with Crippen LogP contribution >= 0.6 is 11.6 Å². The van der Waals surface area contributed by atoms with Gasteiger partial charge in [-0.25, -0.2) is 4.39 Å². The number of carbonyl (C=O) groups excluding carboxylic acids is 1. The van der Waals surface area contributed by atoms with Crippen LogP contribution in [0.25, 0.3) is 11.3 Å². The average molecular weight is 225 g/mol. The second-order valence-electron chi connectivity index (χ2n) is 2.95. The largest absolute Gasteiger partial charge is 0.296 e. The predicted molar refractivity (Wildman–Crippen MR) is 54.4 cm³/mol. The minimum absolute atomic E-state index is 0.324. The molecular weight excluding hydrogens is 219 g/mol. The Kier molecular flexibility index (Phi) is 2.51. The van der Waals surface area contributed by atoms with Gasteiger partial charge < -0.3 is 0 Å². The van der Waals surface area contributed by atoms with Gasteiger partial charge in [0.1, 0.15) is 5.82 Å². The number of nitrogens with one attached hydrogen (secondary N) is 1. The number of hydrogen-bond donors (Lipinski definition) is 1. The van der Waals surface area contributed by atoms with E-state index in [4.69, 9.17) is 11.6 Å². The fourth-order valence-electron chi connectivity index (χ4n) is 1.23. The Morgan fingerprint density at radius 1 is 1.40 bits per heavy atom. The van der Waals surface area contributed by atoms with Crippen molar-refractivity contribution >= 4 is 17.9 Å². The second-order valence-corrected chi connectivity index (χ2v) is 3.36. The summed E-state index contributed by atoms with van der Waals surface area (Å²) in [6.45, 7) is 0. The molecule has 2 aromatic rings. The summed E-state index contributed by atoms with van der Waals surface area (Å²) in [6.07, 6.45) is 0.629. The first-order chi connectivity index (χ1) is 7.20. The molecule has 0 atom stereocenters. The first-order valence-corrected chi connectivity index (χ1v) is 4.54. The van der Waals surface area contributed by atoms with Crippen LogP contribution in [0.1, 0.15) is 10.5 Å². The van der Waals surface area contributed by atoms with Gasteiger partial charge in [-0.05, 0) is 24.3 Å². The highest BCUT2D eigenvalue weighted by molar-refractivity contribution is 6.33. The molecule has 0 spiro atoms. The second kappa shape index (κ2) is 3.82. The molecule has 0 saturated heterocycles. The minimum atomic E-state index is -0.398. The molecule has 5 heteroatoms. The van der Waals surface area contributed by atoms with Crippen molar-refractivity contribution in [2.75, 3.05) is 0 Å². The summed E-state index contributed by atoms with van der Waals surface area (Å²) in [5.41, 5.74) is 1.23. The molecule has 2 rings (SSSR count). The lowest BCUT2D eigenvalue weighted by atomic mass is 10.1. The van der Waals surface area contributed by atoms with E-state index < -0.39 is 5.82 Å². The molecule has 3 nitrogen and oxygen atoms in total. The predicted octanol–water partition coefficient (Wildman–Crippen LogP) is 2.68. The molecule has 0 fully saturated rings. The van der Waals surface area contributed by atoms with Crippen LogP contribution in [-0.2, 0) is 0 Å². The van der Waals surface area contributed by atoms with Crippen LogP contribution in [-0.4, -0.2) is 16.5 Å². The molecule has 1 N–H and O–H groups in total. The Bertz CT molecular complexity index is 510. The van der Waals surface area contributed by atoms with Crippen molar-refractivity contribution in [3.8, 4) is 11.3 Å². The van der Waals surface area contributed by atoms with E-state index in [-0.39, 0.29) is 0 Å². The van der Waals surface area contributed by atoms with Crippen molar-refractivity contribution < 1.29 is 9.18 Å². The van der Waals surface area contributed by atoms with E-state index in [1.807, 2.05) is 0 Å². The standard InChI is InChI=1S/C10H6ClFN2O/c11-9-2-1-6(12)3-8(9)10-4-7(5-15)13-14-10/h1-5H,(H,13,14). The molecule has 0 radical (unpaired) electrons. The summed E-state index contributed by atoms with van der Waals surface area (Å²) in [4.78, 5) is 10.4. The fraction of sp³-hybridized carbons (Fsp3) is 0. The Labute approximate surface area is 89.9 Å². The van der Waals surface area contributed by atoms with Crippen LogP contribution in [0.3, 0.4) is 0 Å². The number of rotatable bonds is 2. The summed E-state index contributed by atoms with van der Waals surface area (Å²) in [5.74, 6) is -0.398. The summed E-state index contributed by atoms with van der Waals surface area (Å²) in [6, 6.07) is 5.49. The van der Waals surface area contributed by atoms with Crippen molar-refractivity contribution in [2.24, 2.45) is 0 Å². The summed E-state index contributed by atoms with van der Waals surface area (Å²) < 4.78 is 13.0. The number of benzene rings is 1. The maximum atomic E-state index is 13.0. The lowest BCUT2D eigenvalue weighted by Gasteiger charge is -1.99. The van der Waals surface area contributed by atoms with E-state index in [1.165, 1.54) is 24.3 Å². The summed E-state index contributed by atoms with van der Waals surface area (Å²) in [5, 5.41) is 6.74. The van der Waals surface area contributed by atoms with Gasteiger partial charge in [-0.3, -0.25) is 9.89 Å². The highest BCUT2D eigenvalue weighted by Crippen LogP contribution is 2.27. The monoisotopic (exact) mass is 224 g/mol. The van der Waals surface area contributed by atoms with Crippen LogP contribution in [0.5, 0.6) is 0 Å². The zero-order valence-electron chi connectivity index (χ0n) is 7.50. The smallest absolute Gasteiger partial charge is 0.167 e. The third-order valence-electron chi connectivity index (χ3n) is 1.93. The maximum absolute atomic E-state index is 13.0. The molecule has 15 heavy (non-hydrogen) atoms. The quantitative estimate of drug-likeness (QED) is 0.798. The van der Waals surface area contributed by atoms with E-state index in [1.54, 1.807) is 0 Å². The lowest BCUT2D eigenvalue weighted by Crippen LogP contribution is -1.82. The van der Waals surface area contributed by atoms with Crippen LogP contribution in [0, 0.1) is 5.82 Å². The van der Waals surface area contributed by atoms with Gasteiger partial charge in [0.25, 0.3) is 0 Å². The SMILES string of the molecule is O=Cc1cc(-c2cc(F)ccc2Cl)n[nH]1. The van der Waals surface area contributed by atoms with E-state index in [2.05, 4.69) is 10.2 Å². The number of aldehydes is 1. The van der Waals surface area contributed by atoms with Crippen molar-refractivity contribution in [3.63, 3.8) is 0 Å². The molecule has 0 unspecified atom stereocenters. The van der Waals surface area contributed by atoms with Gasteiger partial charge in [0.2, 0.25) is 0 Å². The van der Waals surface area contributed by atoms with Gasteiger partial charge in [0, 0.05) is 5.56 Å². The van der Waals surface area contributed by atoms with Crippen molar-refractivity contribution in [2.45, 2.75) is 0 Å². The lowest BCUT2D eigenvalue weighted by molar-refractivity contribution is 0.111. The Morgan fingerprint density at radius 2 is 2.20 bits per heavy atom. The molecule has 1 aromatic heterocycles. The molecule has 0 bridgehead atoms. The number of hydrogen-bond acceptors (Lipinski definition) is 2. The van der Waals surface area contributed by atoms with Crippen molar-refractivity contribution in [1.29, 1.82) is 0 Å². The first-order valence-electron chi connectivity index (χ1n) is 4.16. The topological polar surface area (TPSA) is 45.8 Å². The van der Waals surface area contributed by atoms with Crippen LogP contribution in [0.15, 0.2) is 24.3 Å². The summed E-state index contributed by atoms with van der Waals surface area (Å²) in [7, 11) is 0. The number of aromatic amines is 1. The highest BCUT2D eigenvalue weighted by Gasteiger charge is 2.08.